The van der Waals surface area contributed by atoms with Crippen LogP contribution in [0.2, 0.25) is 0 Å². The Morgan fingerprint density at radius 3 is 2.58 bits per heavy atom. The number of benzene rings is 4. The summed E-state index contributed by atoms with van der Waals surface area (Å²) in [6.45, 7) is 3.98. The van der Waals surface area contributed by atoms with E-state index >= 15 is 0 Å². The largest absolute Gasteiger partial charge is 0.436 e. The Kier molecular flexibility index (Phi) is 5.36. The topological polar surface area (TPSA) is 67.2 Å². The minimum Gasteiger partial charge on any atom is -0.436 e. The van der Waals surface area contributed by atoms with Crippen LogP contribution in [0.1, 0.15) is 21.5 Å². The second-order valence-corrected chi connectivity index (χ2v) is 8.40. The van der Waals surface area contributed by atoms with Crippen LogP contribution in [0.25, 0.3) is 33.3 Å². The summed E-state index contributed by atoms with van der Waals surface area (Å²) in [5.74, 6) is 0.270. The van der Waals surface area contributed by atoms with Crippen LogP contribution in [0.3, 0.4) is 0 Å². The number of nitrogens with one attached hydrogen (secondary N) is 2. The number of carbonyl (C=O) groups is 1. The number of hydrogen-bond donors (Lipinski definition) is 2. The second kappa shape index (κ2) is 8.48. The molecule has 1 heterocycles. The lowest BCUT2D eigenvalue weighted by Crippen LogP contribution is -2.34. The van der Waals surface area contributed by atoms with E-state index in [1.54, 1.807) is 6.07 Å². The lowest BCUT2D eigenvalue weighted by atomic mass is 10.1. The maximum atomic E-state index is 12.7. The van der Waals surface area contributed by atoms with Gasteiger partial charge in [0.1, 0.15) is 5.52 Å². The molecule has 33 heavy (non-hydrogen) atoms. The number of fused-ring (bicyclic) bond motifs is 2. The van der Waals surface area contributed by atoms with Gasteiger partial charge in [0, 0.05) is 16.8 Å². The van der Waals surface area contributed by atoms with E-state index in [1.165, 1.54) is 0 Å². The maximum absolute atomic E-state index is 12.7. The van der Waals surface area contributed by atoms with Crippen LogP contribution in [-0.4, -0.2) is 16.0 Å². The minimum absolute atomic E-state index is 0.224. The first-order valence-electron chi connectivity index (χ1n) is 10.6. The smallest absolute Gasteiger partial charge is 0.257 e. The van der Waals surface area contributed by atoms with Crippen molar-refractivity contribution in [3.63, 3.8) is 0 Å². The third-order valence-corrected chi connectivity index (χ3v) is 5.72. The van der Waals surface area contributed by atoms with Gasteiger partial charge in [-0.25, -0.2) is 4.98 Å². The number of thiocarbonyl (C=S) groups is 1. The van der Waals surface area contributed by atoms with E-state index < -0.39 is 0 Å². The van der Waals surface area contributed by atoms with Crippen LogP contribution < -0.4 is 10.6 Å². The molecule has 0 aliphatic rings. The van der Waals surface area contributed by atoms with Gasteiger partial charge in [-0.1, -0.05) is 42.5 Å². The lowest BCUT2D eigenvalue weighted by molar-refractivity contribution is 0.0978. The number of carbonyl (C=O) groups excluding carboxylic acids is 1. The molecule has 0 unspecified atom stereocenters. The van der Waals surface area contributed by atoms with Crippen LogP contribution in [0.4, 0.5) is 5.69 Å². The highest BCUT2D eigenvalue weighted by molar-refractivity contribution is 7.80. The van der Waals surface area contributed by atoms with Gasteiger partial charge in [-0.3, -0.25) is 10.1 Å². The van der Waals surface area contributed by atoms with E-state index in [1.807, 2.05) is 86.6 Å². The molecule has 0 fully saturated rings. The fourth-order valence-electron chi connectivity index (χ4n) is 3.70. The third kappa shape index (κ3) is 4.33. The molecule has 5 rings (SSSR count). The van der Waals surface area contributed by atoms with Gasteiger partial charge in [-0.2, -0.15) is 0 Å². The quantitative estimate of drug-likeness (QED) is 0.311. The molecule has 2 N–H and O–H groups in total. The minimum atomic E-state index is -0.263. The molecule has 0 aliphatic heterocycles. The van der Waals surface area contributed by atoms with E-state index in [9.17, 15) is 4.79 Å². The number of aromatic nitrogens is 1. The second-order valence-electron chi connectivity index (χ2n) is 7.99. The molecule has 4 aromatic carbocycles. The zero-order valence-electron chi connectivity index (χ0n) is 18.2. The molecule has 1 aromatic heterocycles. The summed E-state index contributed by atoms with van der Waals surface area (Å²) in [6.07, 6.45) is 0. The Morgan fingerprint density at radius 1 is 0.909 bits per heavy atom. The van der Waals surface area contributed by atoms with Gasteiger partial charge in [0.25, 0.3) is 5.91 Å². The average Bonchev–Trinajstić information content (AvgIpc) is 3.23. The van der Waals surface area contributed by atoms with E-state index in [4.69, 9.17) is 16.6 Å². The number of nitrogens with zero attached hydrogens (tertiary/aromatic N) is 1. The standard InChI is InChI=1S/C27H21N3O2S/c1-16-7-12-22-24(13-16)32-26(28-22)21-9-8-17(2)23(15-21)29-27(33)30-25(31)20-11-10-18-5-3-4-6-19(18)14-20/h3-15H,1-2H3,(H2,29,30,31,33). The Hall–Kier alpha value is -4.03. The van der Waals surface area contributed by atoms with Gasteiger partial charge >= 0.3 is 0 Å². The highest BCUT2D eigenvalue weighted by atomic mass is 32.1. The molecular weight excluding hydrogens is 430 g/mol. The molecule has 0 aliphatic carbocycles. The van der Waals surface area contributed by atoms with E-state index in [0.29, 0.717) is 11.5 Å². The van der Waals surface area contributed by atoms with Crippen molar-refractivity contribution in [3.05, 3.63) is 95.6 Å². The summed E-state index contributed by atoms with van der Waals surface area (Å²) in [5.41, 5.74) is 5.79. The molecule has 5 nitrogen and oxygen atoms in total. The summed E-state index contributed by atoms with van der Waals surface area (Å²) in [5, 5.41) is 8.20. The van der Waals surface area contributed by atoms with Gasteiger partial charge in [0.2, 0.25) is 5.89 Å². The van der Waals surface area contributed by atoms with Crippen molar-refractivity contribution >= 4 is 50.8 Å². The predicted molar refractivity (Wildman–Crippen MR) is 137 cm³/mol. The summed E-state index contributed by atoms with van der Waals surface area (Å²) in [6, 6.07) is 25.2. The molecule has 0 radical (unpaired) electrons. The molecule has 0 saturated heterocycles. The summed E-state index contributed by atoms with van der Waals surface area (Å²) in [4.78, 5) is 17.3. The Bertz CT molecular complexity index is 1540. The molecular formula is C27H21N3O2S. The molecule has 0 bridgehead atoms. The number of anilines is 1. The zero-order valence-corrected chi connectivity index (χ0v) is 19.0. The number of aryl methyl sites for hydroxylation is 2. The average molecular weight is 452 g/mol. The lowest BCUT2D eigenvalue weighted by Gasteiger charge is -2.13. The van der Waals surface area contributed by atoms with Crippen molar-refractivity contribution < 1.29 is 9.21 Å². The highest BCUT2D eigenvalue weighted by Crippen LogP contribution is 2.28. The maximum Gasteiger partial charge on any atom is 0.257 e. The van der Waals surface area contributed by atoms with Crippen LogP contribution in [0, 0.1) is 13.8 Å². The number of amides is 1. The van der Waals surface area contributed by atoms with E-state index in [2.05, 4.69) is 15.6 Å². The number of rotatable bonds is 3. The van der Waals surface area contributed by atoms with Crippen molar-refractivity contribution in [1.29, 1.82) is 0 Å². The van der Waals surface area contributed by atoms with Crippen LogP contribution in [-0.2, 0) is 0 Å². The number of oxazole rings is 1. The van der Waals surface area contributed by atoms with Crippen molar-refractivity contribution in [3.8, 4) is 11.5 Å². The van der Waals surface area contributed by atoms with E-state index in [0.717, 1.165) is 44.2 Å². The zero-order chi connectivity index (χ0) is 22.9. The van der Waals surface area contributed by atoms with Gasteiger partial charge in [-0.05, 0) is 84.4 Å². The first-order chi connectivity index (χ1) is 16.0. The van der Waals surface area contributed by atoms with E-state index in [-0.39, 0.29) is 11.0 Å². The third-order valence-electron chi connectivity index (χ3n) is 5.52. The SMILES string of the molecule is Cc1ccc2nc(-c3ccc(C)c(NC(=S)NC(=O)c4ccc5ccccc5c4)c3)oc2c1. The Morgan fingerprint density at radius 2 is 1.73 bits per heavy atom. The van der Waals surface area contributed by atoms with Crippen molar-refractivity contribution in [2.75, 3.05) is 5.32 Å². The van der Waals surface area contributed by atoms with Gasteiger partial charge < -0.3 is 9.73 Å². The molecule has 1 amide bonds. The normalized spacial score (nSPS) is 11.0. The van der Waals surface area contributed by atoms with Crippen LogP contribution >= 0.6 is 12.2 Å². The number of hydrogen-bond acceptors (Lipinski definition) is 4. The predicted octanol–water partition coefficient (Wildman–Crippen LogP) is 6.39. The van der Waals surface area contributed by atoms with Crippen LogP contribution in [0.5, 0.6) is 0 Å². The molecule has 0 atom stereocenters. The summed E-state index contributed by atoms with van der Waals surface area (Å²) < 4.78 is 5.95. The van der Waals surface area contributed by atoms with Gasteiger partial charge in [0.05, 0.1) is 0 Å². The van der Waals surface area contributed by atoms with Gasteiger partial charge in [0.15, 0.2) is 10.7 Å². The van der Waals surface area contributed by atoms with Crippen LogP contribution in [0.15, 0.2) is 83.3 Å². The fraction of sp³-hybridized carbons (Fsp3) is 0.0741. The van der Waals surface area contributed by atoms with Crippen molar-refractivity contribution in [1.82, 2.24) is 10.3 Å². The summed E-state index contributed by atoms with van der Waals surface area (Å²) in [7, 11) is 0. The molecule has 5 aromatic rings. The highest BCUT2D eigenvalue weighted by Gasteiger charge is 2.13. The molecule has 6 heteroatoms. The first kappa shape index (κ1) is 20.8. The van der Waals surface area contributed by atoms with Gasteiger partial charge in [-0.15, -0.1) is 0 Å². The molecule has 0 spiro atoms. The van der Waals surface area contributed by atoms with Crippen molar-refractivity contribution in [2.24, 2.45) is 0 Å². The fourth-order valence-corrected chi connectivity index (χ4v) is 3.91. The monoisotopic (exact) mass is 451 g/mol. The Labute approximate surface area is 196 Å². The first-order valence-corrected chi connectivity index (χ1v) is 11.0. The van der Waals surface area contributed by atoms with Crippen molar-refractivity contribution in [2.45, 2.75) is 13.8 Å². The molecule has 162 valence electrons. The molecule has 0 saturated carbocycles. The summed E-state index contributed by atoms with van der Waals surface area (Å²) >= 11 is 5.41. The Balaban J connectivity index is 1.34.